The van der Waals surface area contributed by atoms with Crippen LogP contribution in [0.5, 0.6) is 11.5 Å². The van der Waals surface area contributed by atoms with Crippen molar-refractivity contribution in [3.05, 3.63) is 47.4 Å². The average molecular weight is 294 g/mol. The van der Waals surface area contributed by atoms with E-state index in [1.54, 1.807) is 6.07 Å². The topological polar surface area (TPSA) is 121 Å². The molecular formula is C15H18O6. The van der Waals surface area contributed by atoms with E-state index in [0.29, 0.717) is 5.56 Å². The monoisotopic (exact) mass is 294 g/mol. The van der Waals surface area contributed by atoms with Gasteiger partial charge in [-0.3, -0.25) is 0 Å². The van der Waals surface area contributed by atoms with Crippen molar-refractivity contribution in [2.45, 2.75) is 25.0 Å². The van der Waals surface area contributed by atoms with E-state index in [2.05, 4.69) is 0 Å². The fourth-order valence-corrected chi connectivity index (χ4v) is 2.38. The standard InChI is InChI=1S/C15H18O6/c16-9(3-8-1-2-12(18)15(21)4-8)5-11-13(19)6-10(17)7-14(11)20/h1-2,4,6-7,9,11,13,16-21H,3,5H2/t9-,11?,13?/m0/s1. The predicted molar refractivity (Wildman–Crippen MR) is 75.0 cm³/mol. The molecule has 6 heteroatoms. The maximum atomic E-state index is 10.0. The summed E-state index contributed by atoms with van der Waals surface area (Å²) in [4.78, 5) is 0. The van der Waals surface area contributed by atoms with Crippen LogP contribution in [0.4, 0.5) is 0 Å². The van der Waals surface area contributed by atoms with Gasteiger partial charge in [0, 0.05) is 12.0 Å². The first-order chi connectivity index (χ1) is 9.86. The van der Waals surface area contributed by atoms with Crippen LogP contribution in [0.3, 0.4) is 0 Å². The van der Waals surface area contributed by atoms with Crippen LogP contribution in [0, 0.1) is 5.92 Å². The van der Waals surface area contributed by atoms with Crippen molar-refractivity contribution in [3.63, 3.8) is 0 Å². The highest BCUT2D eigenvalue weighted by molar-refractivity contribution is 5.40. The van der Waals surface area contributed by atoms with Gasteiger partial charge in [-0.1, -0.05) is 6.07 Å². The SMILES string of the molecule is OC1=CC(O)C(C[C@@H](O)Cc2ccc(O)c(O)c2)C(O)=C1. The third kappa shape index (κ3) is 3.68. The number of hydrogen-bond acceptors (Lipinski definition) is 6. The zero-order chi connectivity index (χ0) is 15.6. The normalized spacial score (nSPS) is 23.3. The summed E-state index contributed by atoms with van der Waals surface area (Å²) in [5.41, 5.74) is 0.616. The van der Waals surface area contributed by atoms with Crippen LogP contribution in [0.1, 0.15) is 12.0 Å². The summed E-state index contributed by atoms with van der Waals surface area (Å²) in [6, 6.07) is 4.24. The highest BCUT2D eigenvalue weighted by Crippen LogP contribution is 2.29. The number of aromatic hydroxyl groups is 2. The van der Waals surface area contributed by atoms with Gasteiger partial charge in [0.05, 0.1) is 12.2 Å². The third-order valence-corrected chi connectivity index (χ3v) is 3.47. The van der Waals surface area contributed by atoms with E-state index in [9.17, 15) is 30.6 Å². The van der Waals surface area contributed by atoms with Crippen molar-refractivity contribution in [1.82, 2.24) is 0 Å². The zero-order valence-electron chi connectivity index (χ0n) is 11.2. The fourth-order valence-electron chi connectivity index (χ4n) is 2.38. The first-order valence-electron chi connectivity index (χ1n) is 6.55. The molecule has 0 spiro atoms. The lowest BCUT2D eigenvalue weighted by Crippen LogP contribution is -2.28. The van der Waals surface area contributed by atoms with Crippen molar-refractivity contribution in [2.24, 2.45) is 5.92 Å². The number of aliphatic hydroxyl groups is 4. The van der Waals surface area contributed by atoms with Crippen LogP contribution >= 0.6 is 0 Å². The first kappa shape index (κ1) is 15.2. The number of allylic oxidation sites excluding steroid dienone is 1. The third-order valence-electron chi connectivity index (χ3n) is 3.47. The van der Waals surface area contributed by atoms with Crippen molar-refractivity contribution in [1.29, 1.82) is 0 Å². The van der Waals surface area contributed by atoms with Gasteiger partial charge in [-0.2, -0.15) is 0 Å². The predicted octanol–water partition coefficient (Wildman–Crippen LogP) is 1.27. The molecular weight excluding hydrogens is 276 g/mol. The number of benzene rings is 1. The molecule has 1 aromatic carbocycles. The minimum atomic E-state index is -1.07. The summed E-state index contributed by atoms with van der Waals surface area (Å²) >= 11 is 0. The van der Waals surface area contributed by atoms with Gasteiger partial charge in [0.15, 0.2) is 11.5 Å². The largest absolute Gasteiger partial charge is 0.512 e. The molecule has 0 heterocycles. The van der Waals surface area contributed by atoms with Crippen LogP contribution < -0.4 is 0 Å². The van der Waals surface area contributed by atoms with Crippen LogP contribution in [0.15, 0.2) is 41.9 Å². The molecule has 21 heavy (non-hydrogen) atoms. The van der Waals surface area contributed by atoms with E-state index >= 15 is 0 Å². The Labute approximate surface area is 121 Å². The minimum absolute atomic E-state index is 0.0922. The van der Waals surface area contributed by atoms with Crippen LogP contribution in [-0.2, 0) is 6.42 Å². The Kier molecular flexibility index (Phi) is 4.40. The molecule has 6 nitrogen and oxygen atoms in total. The number of rotatable bonds is 4. The van der Waals surface area contributed by atoms with Crippen molar-refractivity contribution < 1.29 is 30.6 Å². The van der Waals surface area contributed by atoms with Gasteiger partial charge in [-0.05, 0) is 36.6 Å². The molecule has 0 aromatic heterocycles. The second-order valence-corrected chi connectivity index (χ2v) is 5.17. The molecule has 3 atom stereocenters. The number of hydrogen-bond donors (Lipinski definition) is 6. The zero-order valence-corrected chi connectivity index (χ0v) is 11.2. The number of phenols is 2. The molecule has 0 saturated heterocycles. The Morgan fingerprint density at radius 3 is 2.38 bits per heavy atom. The van der Waals surface area contributed by atoms with E-state index in [0.717, 1.165) is 6.08 Å². The van der Waals surface area contributed by atoms with Gasteiger partial charge >= 0.3 is 0 Å². The molecule has 1 aliphatic carbocycles. The van der Waals surface area contributed by atoms with Crippen LogP contribution in [0.2, 0.25) is 0 Å². The molecule has 1 aliphatic rings. The van der Waals surface area contributed by atoms with Gasteiger partial charge in [-0.15, -0.1) is 0 Å². The summed E-state index contributed by atoms with van der Waals surface area (Å²) in [6.45, 7) is 0. The summed E-state index contributed by atoms with van der Waals surface area (Å²) in [7, 11) is 0. The molecule has 0 saturated carbocycles. The van der Waals surface area contributed by atoms with E-state index in [4.69, 9.17) is 0 Å². The van der Waals surface area contributed by atoms with Gasteiger partial charge in [-0.25, -0.2) is 0 Å². The van der Waals surface area contributed by atoms with Gasteiger partial charge in [0.1, 0.15) is 11.5 Å². The average Bonchev–Trinajstić information content (AvgIpc) is 2.38. The number of aliphatic hydroxyl groups excluding tert-OH is 4. The van der Waals surface area contributed by atoms with Crippen LogP contribution in [0.25, 0.3) is 0 Å². The highest BCUT2D eigenvalue weighted by Gasteiger charge is 2.28. The van der Waals surface area contributed by atoms with E-state index in [-0.39, 0.29) is 35.9 Å². The van der Waals surface area contributed by atoms with Crippen LogP contribution in [-0.4, -0.2) is 42.8 Å². The lowest BCUT2D eigenvalue weighted by molar-refractivity contribution is 0.0769. The fraction of sp³-hybridized carbons (Fsp3) is 0.333. The van der Waals surface area contributed by atoms with Gasteiger partial charge in [0.2, 0.25) is 0 Å². The van der Waals surface area contributed by atoms with Gasteiger partial charge < -0.3 is 30.6 Å². The van der Waals surface area contributed by atoms with Crippen molar-refractivity contribution in [2.75, 3.05) is 0 Å². The molecule has 0 amide bonds. The Bertz CT molecular complexity index is 578. The summed E-state index contributed by atoms with van der Waals surface area (Å²) in [5, 5.41) is 57.4. The van der Waals surface area contributed by atoms with Gasteiger partial charge in [0.25, 0.3) is 0 Å². The maximum Gasteiger partial charge on any atom is 0.157 e. The summed E-state index contributed by atoms with van der Waals surface area (Å²) in [5.74, 6) is -1.60. The minimum Gasteiger partial charge on any atom is -0.512 e. The Balaban J connectivity index is 2.00. The Hall–Kier alpha value is -2.18. The number of phenolic OH excluding ortho intramolecular Hbond substituents is 2. The highest BCUT2D eigenvalue weighted by atomic mass is 16.3. The molecule has 0 fully saturated rings. The Morgan fingerprint density at radius 2 is 1.76 bits per heavy atom. The van der Waals surface area contributed by atoms with E-state index in [1.807, 2.05) is 0 Å². The lowest BCUT2D eigenvalue weighted by atomic mass is 9.88. The maximum absolute atomic E-state index is 10.0. The lowest BCUT2D eigenvalue weighted by Gasteiger charge is -2.25. The quantitative estimate of drug-likeness (QED) is 0.465. The van der Waals surface area contributed by atoms with Crippen molar-refractivity contribution >= 4 is 0 Å². The van der Waals surface area contributed by atoms with E-state index < -0.39 is 18.1 Å². The first-order valence-corrected chi connectivity index (χ1v) is 6.55. The molecule has 1 aromatic rings. The second kappa shape index (κ2) is 6.07. The summed E-state index contributed by atoms with van der Waals surface area (Å²) in [6.07, 6.45) is 0.685. The summed E-state index contributed by atoms with van der Waals surface area (Å²) < 4.78 is 0. The Morgan fingerprint density at radius 1 is 1.05 bits per heavy atom. The molecule has 114 valence electrons. The molecule has 2 unspecified atom stereocenters. The van der Waals surface area contributed by atoms with E-state index in [1.165, 1.54) is 18.2 Å². The molecule has 0 aliphatic heterocycles. The second-order valence-electron chi connectivity index (χ2n) is 5.17. The molecule has 0 bridgehead atoms. The van der Waals surface area contributed by atoms with Crippen molar-refractivity contribution in [3.8, 4) is 11.5 Å². The molecule has 6 N–H and O–H groups in total. The molecule has 0 radical (unpaired) electrons. The smallest absolute Gasteiger partial charge is 0.157 e. The molecule has 2 rings (SSSR count).